The van der Waals surface area contributed by atoms with E-state index in [1.165, 1.54) is 62.5 Å². The van der Waals surface area contributed by atoms with Crippen LogP contribution in [0.3, 0.4) is 0 Å². The minimum Gasteiger partial charge on any atom is -0.0812 e. The third kappa shape index (κ3) is 4.12. The van der Waals surface area contributed by atoms with Gasteiger partial charge in [0.1, 0.15) is 0 Å². The van der Waals surface area contributed by atoms with Crippen molar-refractivity contribution >= 4 is 45.2 Å². The predicted octanol–water partition coefficient (Wildman–Crippen LogP) is 8.72. The molecule has 2 atom stereocenters. The fourth-order valence-corrected chi connectivity index (χ4v) is 8.56. The average Bonchev–Trinajstić information content (AvgIpc) is 3.00. The van der Waals surface area contributed by atoms with Gasteiger partial charge >= 0.3 is 0 Å². The first-order chi connectivity index (χ1) is 13.2. The minimum atomic E-state index is 0.149. The molecule has 0 saturated carbocycles. The maximum absolute atomic E-state index is 2.80. The summed E-state index contributed by atoms with van der Waals surface area (Å²) < 4.78 is 1.27. The Hall–Kier alpha value is -0.1000. The third-order valence-corrected chi connectivity index (χ3v) is 9.36. The first kappa shape index (κ1) is 21.6. The van der Waals surface area contributed by atoms with Gasteiger partial charge in [-0.1, -0.05) is 146 Å². The maximum atomic E-state index is 2.80. The zero-order valence-corrected chi connectivity index (χ0v) is 21.0. The van der Waals surface area contributed by atoms with Crippen LogP contribution >= 0.6 is 45.2 Å². The Bertz CT molecular complexity index is 673. The van der Waals surface area contributed by atoms with E-state index >= 15 is 0 Å². The molecule has 0 aromatic heterocycles. The zero-order chi connectivity index (χ0) is 19.3. The van der Waals surface area contributed by atoms with Crippen LogP contribution in [0.1, 0.15) is 76.3 Å². The summed E-state index contributed by atoms with van der Waals surface area (Å²) in [7, 11) is 0. The van der Waals surface area contributed by atoms with E-state index in [0.717, 1.165) is 0 Å². The highest BCUT2D eigenvalue weighted by atomic mass is 127. The van der Waals surface area contributed by atoms with Crippen LogP contribution in [0, 0.1) is 0 Å². The second-order valence-corrected chi connectivity index (χ2v) is 10.9. The van der Waals surface area contributed by atoms with Crippen molar-refractivity contribution in [2.24, 2.45) is 0 Å². The zero-order valence-electron chi connectivity index (χ0n) is 16.7. The van der Waals surface area contributed by atoms with Crippen LogP contribution in [0.15, 0.2) is 48.5 Å². The van der Waals surface area contributed by atoms with Crippen LogP contribution in [0.5, 0.6) is 0 Å². The van der Waals surface area contributed by atoms with Gasteiger partial charge < -0.3 is 0 Å². The van der Waals surface area contributed by atoms with Crippen molar-refractivity contribution < 1.29 is 0 Å². The van der Waals surface area contributed by atoms with Gasteiger partial charge in [-0.2, -0.15) is 0 Å². The normalized spacial score (nSPS) is 16.6. The van der Waals surface area contributed by atoms with Crippen LogP contribution in [-0.4, -0.2) is 7.85 Å². The molecular weight excluding hydrogens is 554 g/mol. The van der Waals surface area contributed by atoms with Crippen LogP contribution in [0.2, 0.25) is 0 Å². The summed E-state index contributed by atoms with van der Waals surface area (Å²) in [5.74, 6) is 0. The third-order valence-electron chi connectivity index (χ3n) is 6.15. The summed E-state index contributed by atoms with van der Waals surface area (Å²) >= 11 is 5.60. The molecule has 0 heterocycles. The molecule has 0 bridgehead atoms. The molecule has 27 heavy (non-hydrogen) atoms. The van der Waals surface area contributed by atoms with Crippen molar-refractivity contribution in [3.8, 4) is 11.1 Å². The first-order valence-electron chi connectivity index (χ1n) is 10.6. The van der Waals surface area contributed by atoms with E-state index in [0.29, 0.717) is 7.85 Å². The highest BCUT2D eigenvalue weighted by Gasteiger charge is 2.51. The van der Waals surface area contributed by atoms with Crippen molar-refractivity contribution in [3.63, 3.8) is 0 Å². The SMILES string of the molecule is CCCCCC(I)C1(C(I)CCCCC)c2ccccc2-c2ccccc21. The Balaban J connectivity index is 2.09. The maximum Gasteiger partial charge on any atom is 0.0449 e. The summed E-state index contributed by atoms with van der Waals surface area (Å²) in [5, 5.41) is 0. The molecule has 2 unspecified atom stereocenters. The largest absolute Gasteiger partial charge is 0.0812 e. The Morgan fingerprint density at radius 1 is 0.667 bits per heavy atom. The summed E-state index contributed by atoms with van der Waals surface area (Å²) in [6, 6.07) is 18.5. The standard InChI is InChI=1S/C25H32I2/c1-3-5-7-17-23(26)25(24(27)18-8-6-4-2)21-15-11-9-13-19(21)20-14-10-12-16-22(20)25/h9-16,23-24H,3-8,17-18H2,1-2H3. The van der Waals surface area contributed by atoms with Crippen molar-refractivity contribution in [1.82, 2.24) is 0 Å². The molecule has 0 radical (unpaired) electrons. The number of alkyl halides is 2. The van der Waals surface area contributed by atoms with E-state index < -0.39 is 0 Å². The molecule has 0 aliphatic heterocycles. The van der Waals surface area contributed by atoms with Crippen molar-refractivity contribution in [1.29, 1.82) is 0 Å². The first-order valence-corrected chi connectivity index (χ1v) is 13.1. The fraction of sp³-hybridized carbons (Fsp3) is 0.520. The van der Waals surface area contributed by atoms with E-state index in [2.05, 4.69) is 108 Å². The Kier molecular flexibility index (Phi) is 8.07. The second kappa shape index (κ2) is 10.1. The van der Waals surface area contributed by atoms with E-state index in [1.807, 2.05) is 0 Å². The number of halogens is 2. The predicted molar refractivity (Wildman–Crippen MR) is 137 cm³/mol. The smallest absolute Gasteiger partial charge is 0.0449 e. The minimum absolute atomic E-state index is 0.149. The van der Waals surface area contributed by atoms with Gasteiger partial charge in [0.15, 0.2) is 0 Å². The number of unbranched alkanes of at least 4 members (excludes halogenated alkanes) is 4. The summed E-state index contributed by atoms with van der Waals surface area (Å²) in [6.07, 6.45) is 10.6. The summed E-state index contributed by atoms with van der Waals surface area (Å²) in [4.78, 5) is 0. The fourth-order valence-electron chi connectivity index (χ4n) is 4.78. The highest BCUT2D eigenvalue weighted by molar-refractivity contribution is 14.1. The van der Waals surface area contributed by atoms with E-state index in [4.69, 9.17) is 0 Å². The molecule has 0 N–H and O–H groups in total. The monoisotopic (exact) mass is 586 g/mol. The highest BCUT2D eigenvalue weighted by Crippen LogP contribution is 2.57. The van der Waals surface area contributed by atoms with Crippen molar-refractivity contribution in [3.05, 3.63) is 59.7 Å². The molecule has 0 fully saturated rings. The summed E-state index contributed by atoms with van der Waals surface area (Å²) in [5.41, 5.74) is 6.26. The lowest BCUT2D eigenvalue weighted by molar-refractivity contribution is 0.447. The quantitative estimate of drug-likeness (QED) is 0.149. The molecule has 1 aliphatic carbocycles. The molecule has 2 aromatic carbocycles. The Morgan fingerprint density at radius 3 is 1.48 bits per heavy atom. The van der Waals surface area contributed by atoms with Gasteiger partial charge in [-0.15, -0.1) is 0 Å². The van der Waals surface area contributed by atoms with Crippen molar-refractivity contribution in [2.75, 3.05) is 0 Å². The average molecular weight is 586 g/mol. The van der Waals surface area contributed by atoms with Crippen LogP contribution in [-0.2, 0) is 5.41 Å². The molecule has 0 amide bonds. The molecule has 3 rings (SSSR count). The van der Waals surface area contributed by atoms with Crippen molar-refractivity contribution in [2.45, 2.75) is 78.5 Å². The number of hydrogen-bond acceptors (Lipinski definition) is 0. The number of benzene rings is 2. The number of hydrogen-bond donors (Lipinski definition) is 0. The Labute approximate surface area is 193 Å². The topological polar surface area (TPSA) is 0 Å². The van der Waals surface area contributed by atoms with E-state index in [-0.39, 0.29) is 5.41 Å². The van der Waals surface area contributed by atoms with E-state index in [1.54, 1.807) is 11.1 Å². The summed E-state index contributed by atoms with van der Waals surface area (Å²) in [6.45, 7) is 4.62. The van der Waals surface area contributed by atoms with Crippen LogP contribution < -0.4 is 0 Å². The molecule has 2 heteroatoms. The number of fused-ring (bicyclic) bond motifs is 3. The molecular formula is C25H32I2. The molecule has 0 spiro atoms. The number of rotatable bonds is 10. The lowest BCUT2D eigenvalue weighted by Crippen LogP contribution is -2.43. The second-order valence-electron chi connectivity index (χ2n) is 7.89. The van der Waals surface area contributed by atoms with Gasteiger partial charge in [-0.25, -0.2) is 0 Å². The van der Waals surface area contributed by atoms with Gasteiger partial charge in [-0.3, -0.25) is 0 Å². The lowest BCUT2D eigenvalue weighted by atomic mass is 9.70. The lowest BCUT2D eigenvalue weighted by Gasteiger charge is -2.41. The molecule has 146 valence electrons. The van der Waals surface area contributed by atoms with Crippen LogP contribution in [0.4, 0.5) is 0 Å². The molecule has 2 aromatic rings. The van der Waals surface area contributed by atoms with Gasteiger partial charge in [0.25, 0.3) is 0 Å². The molecule has 0 saturated heterocycles. The molecule has 0 nitrogen and oxygen atoms in total. The molecule has 1 aliphatic rings. The Morgan fingerprint density at radius 2 is 1.07 bits per heavy atom. The van der Waals surface area contributed by atoms with Crippen LogP contribution in [0.25, 0.3) is 11.1 Å². The van der Waals surface area contributed by atoms with Gasteiger partial charge in [0.05, 0.1) is 0 Å². The van der Waals surface area contributed by atoms with Gasteiger partial charge in [0.2, 0.25) is 0 Å². The van der Waals surface area contributed by atoms with Gasteiger partial charge in [0, 0.05) is 13.3 Å². The van der Waals surface area contributed by atoms with Gasteiger partial charge in [-0.05, 0) is 35.1 Å². The van der Waals surface area contributed by atoms with E-state index in [9.17, 15) is 0 Å².